The van der Waals surface area contributed by atoms with E-state index in [2.05, 4.69) is 32.9 Å². The van der Waals surface area contributed by atoms with Crippen LogP contribution < -0.4 is 9.47 Å². The zero-order chi connectivity index (χ0) is 24.2. The number of aryl methyl sites for hydroxylation is 1. The van der Waals surface area contributed by atoms with E-state index in [1.54, 1.807) is 18.2 Å². The van der Waals surface area contributed by atoms with Crippen molar-refractivity contribution < 1.29 is 19.4 Å². The van der Waals surface area contributed by atoms with Crippen LogP contribution >= 0.6 is 0 Å². The van der Waals surface area contributed by atoms with Crippen molar-refractivity contribution in [3.8, 4) is 11.5 Å². The molecule has 0 amide bonds. The van der Waals surface area contributed by atoms with E-state index in [0.717, 1.165) is 47.6 Å². The van der Waals surface area contributed by atoms with Gasteiger partial charge in [-0.15, -0.1) is 0 Å². The van der Waals surface area contributed by atoms with Gasteiger partial charge < -0.3 is 19.1 Å². The average molecular weight is 461 g/mol. The first-order chi connectivity index (χ1) is 16.3. The summed E-state index contributed by atoms with van der Waals surface area (Å²) >= 11 is 0. The molecule has 0 radical (unpaired) electrons. The molecule has 0 saturated heterocycles. The molecule has 3 aromatic rings. The number of nitrogens with zero attached hydrogens (tertiary/aromatic N) is 2. The highest BCUT2D eigenvalue weighted by Gasteiger charge is 2.19. The minimum absolute atomic E-state index is 0.193. The lowest BCUT2D eigenvalue weighted by atomic mass is 9.89. The molecule has 6 nitrogen and oxygen atoms in total. The van der Waals surface area contributed by atoms with Gasteiger partial charge in [-0.3, -0.25) is 0 Å². The summed E-state index contributed by atoms with van der Waals surface area (Å²) in [6.07, 6.45) is 7.65. The van der Waals surface area contributed by atoms with Crippen molar-refractivity contribution in [3.05, 3.63) is 77.3 Å². The highest BCUT2D eigenvalue weighted by molar-refractivity contribution is 5.88. The molecule has 1 aliphatic carbocycles. The van der Waals surface area contributed by atoms with Crippen LogP contribution in [0.3, 0.4) is 0 Å². The van der Waals surface area contributed by atoms with E-state index in [-0.39, 0.29) is 12.2 Å². The molecule has 178 valence electrons. The number of aromatic carboxylic acids is 1. The van der Waals surface area contributed by atoms with Crippen LogP contribution in [0.5, 0.6) is 11.5 Å². The van der Waals surface area contributed by atoms with Crippen molar-refractivity contribution >= 4 is 17.0 Å². The van der Waals surface area contributed by atoms with Crippen LogP contribution in [0, 0.1) is 11.8 Å². The minimum atomic E-state index is -0.980. The Morgan fingerprint density at radius 3 is 2.79 bits per heavy atom. The van der Waals surface area contributed by atoms with Gasteiger partial charge in [0.05, 0.1) is 16.6 Å². The predicted octanol–water partition coefficient (Wildman–Crippen LogP) is 6.52. The molecule has 0 aliphatic heterocycles. The fourth-order valence-corrected chi connectivity index (χ4v) is 4.47. The van der Waals surface area contributed by atoms with E-state index in [9.17, 15) is 9.90 Å². The molecule has 1 N–H and O–H groups in total. The van der Waals surface area contributed by atoms with Crippen molar-refractivity contribution in [2.45, 2.75) is 46.6 Å². The van der Waals surface area contributed by atoms with E-state index in [1.165, 1.54) is 11.6 Å². The Balaban J connectivity index is 1.53. The lowest BCUT2D eigenvalue weighted by Crippen LogP contribution is -2.12. The fraction of sp³-hybridized carbons (Fsp3) is 0.357. The van der Waals surface area contributed by atoms with Gasteiger partial charge in [0.15, 0.2) is 0 Å². The first-order valence-corrected chi connectivity index (χ1v) is 11.8. The average Bonchev–Trinajstić information content (AvgIpc) is 3.13. The molecule has 0 saturated carbocycles. The van der Waals surface area contributed by atoms with Gasteiger partial charge in [-0.05, 0) is 68.5 Å². The number of imidazole rings is 1. The fourth-order valence-electron chi connectivity index (χ4n) is 4.47. The van der Waals surface area contributed by atoms with E-state index in [0.29, 0.717) is 17.6 Å². The Bertz CT molecular complexity index is 1250. The van der Waals surface area contributed by atoms with Crippen LogP contribution in [0.4, 0.5) is 0 Å². The second-order valence-corrected chi connectivity index (χ2v) is 9.10. The van der Waals surface area contributed by atoms with E-state index >= 15 is 0 Å². The summed E-state index contributed by atoms with van der Waals surface area (Å²) < 4.78 is 14.2. The highest BCUT2D eigenvalue weighted by atomic mass is 16.5. The number of ether oxygens (including phenoxy) is 2. The Hall–Kier alpha value is -3.54. The number of aromatic nitrogens is 2. The number of carbonyl (C=O) groups is 1. The van der Waals surface area contributed by atoms with Gasteiger partial charge in [0.25, 0.3) is 0 Å². The third-order valence-corrected chi connectivity index (χ3v) is 6.35. The van der Waals surface area contributed by atoms with Crippen LogP contribution in [-0.2, 0) is 13.7 Å². The summed E-state index contributed by atoms with van der Waals surface area (Å²) in [6.45, 7) is 6.90. The van der Waals surface area contributed by atoms with Gasteiger partial charge >= 0.3 is 5.97 Å². The van der Waals surface area contributed by atoms with Gasteiger partial charge in [0.1, 0.15) is 29.7 Å². The highest BCUT2D eigenvalue weighted by Crippen LogP contribution is 2.31. The number of allylic oxidation sites excluding steroid dienone is 4. The summed E-state index contributed by atoms with van der Waals surface area (Å²) in [4.78, 5) is 15.9. The van der Waals surface area contributed by atoms with Crippen molar-refractivity contribution in [3.63, 3.8) is 0 Å². The molecule has 2 aromatic carbocycles. The number of hydrogen-bond acceptors (Lipinski definition) is 4. The molecule has 6 heteroatoms. The van der Waals surface area contributed by atoms with Crippen molar-refractivity contribution in [2.75, 3.05) is 0 Å². The number of fused-ring (bicyclic) bond motifs is 1. The lowest BCUT2D eigenvalue weighted by molar-refractivity contribution is 0.0696. The molecular weight excluding hydrogens is 428 g/mol. The third kappa shape index (κ3) is 5.33. The molecular formula is C28H32N2O4. The number of rotatable bonds is 7. The maximum Gasteiger partial charge on any atom is 0.335 e. The standard InChI is InChI=1S/C28H32N2O4/c1-5-20-14-19(3)13-18(2)9-12-26(20)34-23-10-11-24-25(16-23)30(4)27(29-24)17-33-22-8-6-7-21(15-22)28(31)32/h6-8,10-13,15-16,18,20H,5,9,14,17H2,1-4H3,(H,31,32). The van der Waals surface area contributed by atoms with Crippen molar-refractivity contribution in [1.82, 2.24) is 9.55 Å². The summed E-state index contributed by atoms with van der Waals surface area (Å²) in [5.41, 5.74) is 3.44. The zero-order valence-electron chi connectivity index (χ0n) is 20.2. The largest absolute Gasteiger partial charge is 0.486 e. The maximum atomic E-state index is 11.2. The van der Waals surface area contributed by atoms with Gasteiger partial charge in [-0.1, -0.05) is 31.6 Å². The molecule has 0 fully saturated rings. The zero-order valence-corrected chi connectivity index (χ0v) is 20.2. The summed E-state index contributed by atoms with van der Waals surface area (Å²) in [6, 6.07) is 12.4. The molecule has 1 heterocycles. The van der Waals surface area contributed by atoms with Crippen LogP contribution in [0.15, 0.2) is 65.9 Å². The van der Waals surface area contributed by atoms with Crippen LogP contribution in [0.1, 0.15) is 56.2 Å². The van der Waals surface area contributed by atoms with Crippen LogP contribution in [0.25, 0.3) is 11.0 Å². The smallest absolute Gasteiger partial charge is 0.335 e. The monoisotopic (exact) mass is 460 g/mol. The predicted molar refractivity (Wildman–Crippen MR) is 133 cm³/mol. The van der Waals surface area contributed by atoms with Gasteiger partial charge in [-0.2, -0.15) is 0 Å². The molecule has 2 atom stereocenters. The van der Waals surface area contributed by atoms with Crippen molar-refractivity contribution in [1.29, 1.82) is 0 Å². The van der Waals surface area contributed by atoms with Crippen molar-refractivity contribution in [2.24, 2.45) is 18.9 Å². The molecule has 34 heavy (non-hydrogen) atoms. The van der Waals surface area contributed by atoms with E-state index < -0.39 is 5.97 Å². The molecule has 0 spiro atoms. The molecule has 0 bridgehead atoms. The number of hydrogen-bond donors (Lipinski definition) is 1. The molecule has 4 rings (SSSR count). The lowest BCUT2D eigenvalue weighted by Gasteiger charge is -2.23. The maximum absolute atomic E-state index is 11.2. The first kappa shape index (κ1) is 23.6. The number of carboxylic acids is 1. The normalized spacial score (nSPS) is 18.6. The van der Waals surface area contributed by atoms with E-state index in [1.807, 2.05) is 29.8 Å². The first-order valence-electron chi connectivity index (χ1n) is 11.8. The summed E-state index contributed by atoms with van der Waals surface area (Å²) in [5.74, 6) is 3.00. The third-order valence-electron chi connectivity index (χ3n) is 6.35. The Kier molecular flexibility index (Phi) is 7.06. The molecule has 2 unspecified atom stereocenters. The topological polar surface area (TPSA) is 73.6 Å². The minimum Gasteiger partial charge on any atom is -0.486 e. The summed E-state index contributed by atoms with van der Waals surface area (Å²) in [7, 11) is 1.95. The van der Waals surface area contributed by atoms with E-state index in [4.69, 9.17) is 14.5 Å². The Labute approximate surface area is 200 Å². The SMILES string of the molecule is CCC1CC(C)=CC(C)CC=C1Oc1ccc2nc(COc3cccc(C(=O)O)c3)n(C)c2c1. The number of benzene rings is 2. The van der Waals surface area contributed by atoms with Crippen LogP contribution in [0.2, 0.25) is 0 Å². The Morgan fingerprint density at radius 2 is 2.03 bits per heavy atom. The Morgan fingerprint density at radius 1 is 1.21 bits per heavy atom. The van der Waals surface area contributed by atoms with Gasteiger partial charge in [0, 0.05) is 19.0 Å². The second-order valence-electron chi connectivity index (χ2n) is 9.10. The van der Waals surface area contributed by atoms with Gasteiger partial charge in [-0.25, -0.2) is 9.78 Å². The quantitative estimate of drug-likeness (QED) is 0.407. The summed E-state index contributed by atoms with van der Waals surface area (Å²) in [5, 5.41) is 9.17. The molecule has 1 aliphatic rings. The van der Waals surface area contributed by atoms with Gasteiger partial charge in [0.2, 0.25) is 0 Å². The van der Waals surface area contributed by atoms with Crippen LogP contribution in [-0.4, -0.2) is 20.6 Å². The second kappa shape index (κ2) is 10.2. The number of carboxylic acid groups (broad SMARTS) is 1. The molecule has 1 aromatic heterocycles.